The van der Waals surface area contributed by atoms with Crippen molar-refractivity contribution in [2.75, 3.05) is 11.9 Å². The van der Waals surface area contributed by atoms with Crippen LogP contribution >= 0.6 is 12.2 Å². The Morgan fingerprint density at radius 2 is 1.69 bits per heavy atom. The molecule has 0 unspecified atom stereocenters. The molecule has 1 fully saturated rings. The standard InChI is InChI=1S/C32H35N5OS/c1-5-24-13-9-10-16-26(24)34-28(38)18-20-36-31(30(35-32(36)39)27-17-11-12-19-33-27)29-21(2)22(3)37(23(29)4)25-14-7-6-8-15-25/h6-17,19,30-31H,5,18,20H2,1-4H3,(H,34,38)(H,35,39)/t30-,31-/m0/s1. The first-order valence-corrected chi connectivity index (χ1v) is 13.9. The zero-order valence-corrected chi connectivity index (χ0v) is 23.8. The molecule has 2 aromatic heterocycles. The van der Waals surface area contributed by atoms with Crippen molar-refractivity contribution < 1.29 is 4.79 Å². The summed E-state index contributed by atoms with van der Waals surface area (Å²) in [6.07, 6.45) is 3.00. The number of pyridine rings is 1. The number of anilines is 1. The van der Waals surface area contributed by atoms with E-state index >= 15 is 0 Å². The molecule has 1 aliphatic heterocycles. The number of rotatable bonds is 8. The predicted molar refractivity (Wildman–Crippen MR) is 161 cm³/mol. The summed E-state index contributed by atoms with van der Waals surface area (Å²) in [6, 6.07) is 24.1. The second kappa shape index (κ2) is 11.4. The van der Waals surface area contributed by atoms with Gasteiger partial charge in [-0.1, -0.05) is 49.4 Å². The lowest BCUT2D eigenvalue weighted by atomic mass is 9.93. The number of thiocarbonyl (C=S) groups is 1. The van der Waals surface area contributed by atoms with E-state index in [-0.39, 0.29) is 18.0 Å². The quantitative estimate of drug-likeness (QED) is 0.256. The number of benzene rings is 2. The van der Waals surface area contributed by atoms with Gasteiger partial charge in [-0.05, 0) is 80.9 Å². The number of hydrogen-bond acceptors (Lipinski definition) is 3. The van der Waals surface area contributed by atoms with E-state index in [1.54, 1.807) is 0 Å². The number of para-hydroxylation sites is 2. The number of nitrogens with zero attached hydrogens (tertiary/aromatic N) is 3. The van der Waals surface area contributed by atoms with Gasteiger partial charge < -0.3 is 20.1 Å². The average molecular weight is 538 g/mol. The first kappa shape index (κ1) is 26.6. The van der Waals surface area contributed by atoms with E-state index in [0.717, 1.165) is 29.1 Å². The molecule has 2 aromatic carbocycles. The van der Waals surface area contributed by atoms with Gasteiger partial charge >= 0.3 is 0 Å². The van der Waals surface area contributed by atoms with Gasteiger partial charge in [-0.15, -0.1) is 0 Å². The van der Waals surface area contributed by atoms with Crippen molar-refractivity contribution >= 4 is 28.9 Å². The highest BCUT2D eigenvalue weighted by molar-refractivity contribution is 7.80. The minimum atomic E-state index is -0.133. The van der Waals surface area contributed by atoms with Gasteiger partial charge in [0.05, 0.1) is 17.8 Å². The van der Waals surface area contributed by atoms with Gasteiger partial charge in [0, 0.05) is 47.5 Å². The molecule has 0 saturated carbocycles. The molecule has 1 amide bonds. The lowest BCUT2D eigenvalue weighted by Gasteiger charge is -2.29. The topological polar surface area (TPSA) is 62.2 Å². The molecule has 1 aliphatic rings. The van der Waals surface area contributed by atoms with Crippen LogP contribution in [0.1, 0.15) is 59.2 Å². The number of nitrogens with one attached hydrogen (secondary N) is 2. The summed E-state index contributed by atoms with van der Waals surface area (Å²) in [5.74, 6) is -0.0229. The van der Waals surface area contributed by atoms with Crippen LogP contribution < -0.4 is 10.6 Å². The number of aromatic nitrogens is 2. The Morgan fingerprint density at radius 3 is 2.41 bits per heavy atom. The third-order valence-electron chi connectivity index (χ3n) is 7.77. The smallest absolute Gasteiger partial charge is 0.226 e. The number of amides is 1. The Labute approximate surface area is 236 Å². The molecule has 0 radical (unpaired) electrons. The number of aryl methyl sites for hydroxylation is 1. The van der Waals surface area contributed by atoms with Crippen LogP contribution in [0.5, 0.6) is 0 Å². The number of hydrogen-bond donors (Lipinski definition) is 2. The zero-order chi connectivity index (χ0) is 27.5. The molecule has 6 nitrogen and oxygen atoms in total. The fourth-order valence-electron chi connectivity index (χ4n) is 5.75. The summed E-state index contributed by atoms with van der Waals surface area (Å²) in [5, 5.41) is 7.29. The molecule has 2 N–H and O–H groups in total. The Bertz CT molecular complexity index is 1480. The van der Waals surface area contributed by atoms with Crippen LogP contribution in [0, 0.1) is 20.8 Å². The highest BCUT2D eigenvalue weighted by atomic mass is 32.1. The largest absolute Gasteiger partial charge is 0.352 e. The molecule has 5 rings (SSSR count). The normalized spacial score (nSPS) is 16.8. The van der Waals surface area contributed by atoms with Crippen LogP contribution in [0.4, 0.5) is 5.69 Å². The monoisotopic (exact) mass is 537 g/mol. The molecule has 2 atom stereocenters. The minimum Gasteiger partial charge on any atom is -0.352 e. The van der Waals surface area contributed by atoms with Gasteiger partial charge in [-0.2, -0.15) is 0 Å². The van der Waals surface area contributed by atoms with Crippen molar-refractivity contribution in [2.45, 2.75) is 52.6 Å². The molecule has 3 heterocycles. The van der Waals surface area contributed by atoms with Crippen LogP contribution in [0.15, 0.2) is 79.0 Å². The number of carbonyl (C=O) groups is 1. The molecule has 0 bridgehead atoms. The lowest BCUT2D eigenvalue weighted by Crippen LogP contribution is -2.33. The molecule has 0 spiro atoms. The maximum Gasteiger partial charge on any atom is 0.226 e. The zero-order valence-electron chi connectivity index (χ0n) is 22.9. The minimum absolute atomic E-state index is 0.0229. The van der Waals surface area contributed by atoms with Crippen molar-refractivity contribution in [1.29, 1.82) is 0 Å². The predicted octanol–water partition coefficient (Wildman–Crippen LogP) is 6.36. The van der Waals surface area contributed by atoms with Crippen LogP contribution in [0.2, 0.25) is 0 Å². The van der Waals surface area contributed by atoms with E-state index in [0.29, 0.717) is 18.1 Å². The number of carbonyl (C=O) groups excluding carboxylic acids is 1. The Balaban J connectivity index is 1.49. The van der Waals surface area contributed by atoms with Gasteiger partial charge in [-0.25, -0.2) is 0 Å². The summed E-state index contributed by atoms with van der Waals surface area (Å²) >= 11 is 5.88. The van der Waals surface area contributed by atoms with Crippen LogP contribution in [-0.4, -0.2) is 32.0 Å². The van der Waals surface area contributed by atoms with E-state index in [1.807, 2.05) is 54.7 Å². The molecule has 39 heavy (non-hydrogen) atoms. The lowest BCUT2D eigenvalue weighted by molar-refractivity contribution is -0.116. The van der Waals surface area contributed by atoms with E-state index in [9.17, 15) is 4.79 Å². The fourth-order valence-corrected chi connectivity index (χ4v) is 6.08. The average Bonchev–Trinajstić information content (AvgIpc) is 3.39. The maximum atomic E-state index is 13.1. The van der Waals surface area contributed by atoms with E-state index in [1.165, 1.54) is 22.5 Å². The van der Waals surface area contributed by atoms with Gasteiger partial charge in [0.15, 0.2) is 5.11 Å². The van der Waals surface area contributed by atoms with E-state index < -0.39 is 0 Å². The summed E-state index contributed by atoms with van der Waals surface area (Å²) in [4.78, 5) is 20.0. The van der Waals surface area contributed by atoms with Gasteiger partial charge in [0.1, 0.15) is 0 Å². The van der Waals surface area contributed by atoms with Crippen molar-refractivity contribution in [1.82, 2.24) is 19.8 Å². The van der Waals surface area contributed by atoms with Gasteiger partial charge in [0.25, 0.3) is 0 Å². The second-order valence-corrected chi connectivity index (χ2v) is 10.4. The fraction of sp³-hybridized carbons (Fsp3) is 0.281. The van der Waals surface area contributed by atoms with Crippen molar-refractivity contribution in [2.24, 2.45) is 0 Å². The summed E-state index contributed by atoms with van der Waals surface area (Å²) in [7, 11) is 0. The van der Waals surface area contributed by atoms with Crippen molar-refractivity contribution in [3.63, 3.8) is 0 Å². The molecule has 4 aromatic rings. The summed E-state index contributed by atoms with van der Waals surface area (Å²) in [5.41, 5.74) is 8.86. The molecule has 1 saturated heterocycles. The SMILES string of the molecule is CCc1ccccc1NC(=O)CCN1C(=S)N[C@@H](c2ccccn2)[C@@H]1c1c(C)c(C)n(-c2ccccc2)c1C. The van der Waals surface area contributed by atoms with Crippen LogP contribution in [0.25, 0.3) is 5.69 Å². The summed E-state index contributed by atoms with van der Waals surface area (Å²) in [6.45, 7) is 9.11. The van der Waals surface area contributed by atoms with Crippen molar-refractivity contribution in [3.05, 3.63) is 113 Å². The van der Waals surface area contributed by atoms with Gasteiger partial charge in [0.2, 0.25) is 5.91 Å². The molecule has 7 heteroatoms. The van der Waals surface area contributed by atoms with Gasteiger partial charge in [-0.3, -0.25) is 9.78 Å². The van der Waals surface area contributed by atoms with Crippen LogP contribution in [0.3, 0.4) is 0 Å². The van der Waals surface area contributed by atoms with Crippen LogP contribution in [-0.2, 0) is 11.2 Å². The molecule has 200 valence electrons. The van der Waals surface area contributed by atoms with Crippen molar-refractivity contribution in [3.8, 4) is 5.69 Å². The highest BCUT2D eigenvalue weighted by Crippen LogP contribution is 2.43. The highest BCUT2D eigenvalue weighted by Gasteiger charge is 2.42. The molecular weight excluding hydrogens is 502 g/mol. The Kier molecular flexibility index (Phi) is 7.79. The Hall–Kier alpha value is -3.97. The molecular formula is C32H35N5OS. The first-order valence-electron chi connectivity index (χ1n) is 13.5. The third kappa shape index (κ3) is 5.19. The third-order valence-corrected chi connectivity index (χ3v) is 8.12. The maximum absolute atomic E-state index is 13.1. The molecule has 0 aliphatic carbocycles. The Morgan fingerprint density at radius 1 is 0.974 bits per heavy atom. The summed E-state index contributed by atoms with van der Waals surface area (Å²) < 4.78 is 2.31. The van der Waals surface area contributed by atoms with E-state index in [4.69, 9.17) is 12.2 Å². The van der Waals surface area contributed by atoms with E-state index in [2.05, 4.69) is 77.0 Å². The first-order chi connectivity index (χ1) is 18.9. The second-order valence-electron chi connectivity index (χ2n) is 10.0.